The van der Waals surface area contributed by atoms with E-state index in [9.17, 15) is 4.79 Å². The molecule has 0 saturated carbocycles. The van der Waals surface area contributed by atoms with Crippen LogP contribution in [0.5, 0.6) is 0 Å². The van der Waals surface area contributed by atoms with Gasteiger partial charge in [-0.3, -0.25) is 4.90 Å². The van der Waals surface area contributed by atoms with Crippen LogP contribution in [0.25, 0.3) is 0 Å². The van der Waals surface area contributed by atoms with E-state index < -0.39 is 5.60 Å². The zero-order valence-electron chi connectivity index (χ0n) is 15.6. The molecule has 0 bridgehead atoms. The number of hydrogen-bond acceptors (Lipinski definition) is 5. The largest absolute Gasteiger partial charge is 0.444 e. The maximum absolute atomic E-state index is 12.3. The first kappa shape index (κ1) is 18.0. The van der Waals surface area contributed by atoms with Gasteiger partial charge < -0.3 is 20.1 Å². The van der Waals surface area contributed by atoms with Crippen LogP contribution in [0.2, 0.25) is 0 Å². The number of amides is 1. The minimum Gasteiger partial charge on any atom is -0.444 e. The molecule has 25 heavy (non-hydrogen) atoms. The third-order valence-corrected chi connectivity index (χ3v) is 4.49. The van der Waals surface area contributed by atoms with Gasteiger partial charge in [0.25, 0.3) is 0 Å². The molecule has 0 aliphatic carbocycles. The van der Waals surface area contributed by atoms with Crippen molar-refractivity contribution in [2.45, 2.75) is 58.5 Å². The molecule has 1 saturated heterocycles. The fourth-order valence-electron chi connectivity index (χ4n) is 3.20. The number of carbonyl (C=O) groups is 1. The molecular weight excluding hydrogens is 318 g/mol. The fraction of sp³-hybridized carbons (Fsp3) is 0.632. The molecule has 0 aromatic heterocycles. The number of morpholine rings is 1. The van der Waals surface area contributed by atoms with Crippen LogP contribution in [-0.4, -0.2) is 48.4 Å². The Morgan fingerprint density at radius 1 is 1.36 bits per heavy atom. The van der Waals surface area contributed by atoms with Gasteiger partial charge >= 0.3 is 6.09 Å². The second kappa shape index (κ2) is 7.22. The lowest BCUT2D eigenvalue weighted by atomic mass is 10.1. The SMILES string of the molecule is CC(Nc1ccc2c(c1)CN(C(=O)OC(C)(C)C)C2)C1CNCCO1. The number of fused-ring (bicyclic) bond motifs is 1. The molecule has 3 rings (SSSR count). The number of ether oxygens (including phenoxy) is 2. The lowest BCUT2D eigenvalue weighted by molar-refractivity contribution is 0.0201. The first-order valence-corrected chi connectivity index (χ1v) is 9.00. The fourth-order valence-corrected chi connectivity index (χ4v) is 3.20. The van der Waals surface area contributed by atoms with Crippen molar-refractivity contribution in [2.24, 2.45) is 0 Å². The van der Waals surface area contributed by atoms with E-state index in [4.69, 9.17) is 9.47 Å². The number of carbonyl (C=O) groups excluding carboxylic acids is 1. The smallest absolute Gasteiger partial charge is 0.410 e. The van der Waals surface area contributed by atoms with Gasteiger partial charge in [0.2, 0.25) is 0 Å². The first-order chi connectivity index (χ1) is 11.8. The number of benzene rings is 1. The van der Waals surface area contributed by atoms with Crippen LogP contribution in [0, 0.1) is 0 Å². The Labute approximate surface area is 149 Å². The topological polar surface area (TPSA) is 62.8 Å². The van der Waals surface area contributed by atoms with Gasteiger partial charge in [-0.2, -0.15) is 0 Å². The summed E-state index contributed by atoms with van der Waals surface area (Å²) < 4.78 is 11.3. The summed E-state index contributed by atoms with van der Waals surface area (Å²) in [6.45, 7) is 11.5. The van der Waals surface area contributed by atoms with Crippen LogP contribution < -0.4 is 10.6 Å². The van der Waals surface area contributed by atoms with E-state index in [1.807, 2.05) is 20.8 Å². The monoisotopic (exact) mass is 347 g/mol. The molecule has 2 N–H and O–H groups in total. The molecule has 1 fully saturated rings. The molecule has 6 heteroatoms. The molecule has 2 aliphatic rings. The average molecular weight is 347 g/mol. The van der Waals surface area contributed by atoms with Crippen molar-refractivity contribution in [3.63, 3.8) is 0 Å². The van der Waals surface area contributed by atoms with Crippen LogP contribution in [0.4, 0.5) is 10.5 Å². The van der Waals surface area contributed by atoms with Gasteiger partial charge in [0.05, 0.1) is 18.8 Å². The Morgan fingerprint density at radius 2 is 2.12 bits per heavy atom. The Hall–Kier alpha value is -1.79. The summed E-state index contributed by atoms with van der Waals surface area (Å²) in [7, 11) is 0. The number of nitrogens with one attached hydrogen (secondary N) is 2. The molecule has 2 aliphatic heterocycles. The van der Waals surface area contributed by atoms with Gasteiger partial charge in [-0.1, -0.05) is 6.07 Å². The highest BCUT2D eigenvalue weighted by Crippen LogP contribution is 2.27. The van der Waals surface area contributed by atoms with Gasteiger partial charge in [-0.15, -0.1) is 0 Å². The Kier molecular flexibility index (Phi) is 5.20. The van der Waals surface area contributed by atoms with Crippen molar-refractivity contribution in [1.82, 2.24) is 10.2 Å². The van der Waals surface area contributed by atoms with Crippen molar-refractivity contribution in [2.75, 3.05) is 25.0 Å². The van der Waals surface area contributed by atoms with E-state index in [0.717, 1.165) is 25.4 Å². The van der Waals surface area contributed by atoms with Crippen LogP contribution in [-0.2, 0) is 22.6 Å². The van der Waals surface area contributed by atoms with Gasteiger partial charge in [0, 0.05) is 31.9 Å². The second-order valence-corrected chi connectivity index (χ2v) is 7.87. The van der Waals surface area contributed by atoms with Gasteiger partial charge in [0.1, 0.15) is 5.60 Å². The molecule has 6 nitrogen and oxygen atoms in total. The number of rotatable bonds is 3. The van der Waals surface area contributed by atoms with Crippen molar-refractivity contribution in [1.29, 1.82) is 0 Å². The molecule has 2 heterocycles. The van der Waals surface area contributed by atoms with Crippen LogP contribution in [0.3, 0.4) is 0 Å². The summed E-state index contributed by atoms with van der Waals surface area (Å²) in [5.74, 6) is 0. The molecule has 1 amide bonds. The zero-order chi connectivity index (χ0) is 18.0. The van der Waals surface area contributed by atoms with Crippen molar-refractivity contribution in [3.8, 4) is 0 Å². The van der Waals surface area contributed by atoms with Crippen molar-refractivity contribution >= 4 is 11.8 Å². The van der Waals surface area contributed by atoms with E-state index in [-0.39, 0.29) is 18.2 Å². The molecule has 0 spiro atoms. The maximum atomic E-state index is 12.3. The van der Waals surface area contributed by atoms with E-state index in [1.165, 1.54) is 11.1 Å². The maximum Gasteiger partial charge on any atom is 0.410 e. The van der Waals surface area contributed by atoms with Crippen LogP contribution in [0.1, 0.15) is 38.8 Å². The number of anilines is 1. The summed E-state index contributed by atoms with van der Waals surface area (Å²) in [5, 5.41) is 6.88. The highest BCUT2D eigenvalue weighted by atomic mass is 16.6. The van der Waals surface area contributed by atoms with Gasteiger partial charge in [-0.25, -0.2) is 4.79 Å². The molecule has 1 aromatic carbocycles. The standard InChI is InChI=1S/C19H29N3O3/c1-13(17-10-20-7-8-24-17)21-16-6-5-14-11-22(12-15(14)9-16)18(23)25-19(2,3)4/h5-6,9,13,17,20-21H,7-8,10-12H2,1-4H3. The zero-order valence-corrected chi connectivity index (χ0v) is 15.6. The molecule has 2 unspecified atom stereocenters. The van der Waals surface area contributed by atoms with Gasteiger partial charge in [0.15, 0.2) is 0 Å². The first-order valence-electron chi connectivity index (χ1n) is 9.00. The van der Waals surface area contributed by atoms with E-state index in [2.05, 4.69) is 35.8 Å². The Balaban J connectivity index is 1.61. The normalized spacial score (nSPS) is 21.6. The predicted molar refractivity (Wildman–Crippen MR) is 97.6 cm³/mol. The number of hydrogen-bond donors (Lipinski definition) is 2. The second-order valence-electron chi connectivity index (χ2n) is 7.87. The molecule has 1 aromatic rings. The summed E-state index contributed by atoms with van der Waals surface area (Å²) in [4.78, 5) is 14.0. The molecular formula is C19H29N3O3. The summed E-state index contributed by atoms with van der Waals surface area (Å²) in [6.07, 6.45) is -0.0893. The Morgan fingerprint density at radius 3 is 2.80 bits per heavy atom. The van der Waals surface area contributed by atoms with Crippen LogP contribution >= 0.6 is 0 Å². The minimum absolute atomic E-state index is 0.167. The van der Waals surface area contributed by atoms with E-state index in [0.29, 0.717) is 13.1 Å². The predicted octanol–water partition coefficient (Wildman–Crippen LogP) is 2.73. The lowest BCUT2D eigenvalue weighted by Crippen LogP contribution is -2.46. The third-order valence-electron chi connectivity index (χ3n) is 4.49. The molecule has 0 radical (unpaired) electrons. The summed E-state index contributed by atoms with van der Waals surface area (Å²) in [5.41, 5.74) is 2.94. The highest BCUT2D eigenvalue weighted by molar-refractivity contribution is 5.69. The van der Waals surface area contributed by atoms with E-state index in [1.54, 1.807) is 4.90 Å². The summed E-state index contributed by atoms with van der Waals surface area (Å²) in [6, 6.07) is 6.51. The summed E-state index contributed by atoms with van der Waals surface area (Å²) >= 11 is 0. The lowest BCUT2D eigenvalue weighted by Gasteiger charge is -2.30. The molecule has 2 atom stereocenters. The Bertz CT molecular complexity index is 621. The van der Waals surface area contributed by atoms with Crippen molar-refractivity contribution < 1.29 is 14.3 Å². The quantitative estimate of drug-likeness (QED) is 0.880. The minimum atomic E-state index is -0.470. The third kappa shape index (κ3) is 4.64. The van der Waals surface area contributed by atoms with Crippen molar-refractivity contribution in [3.05, 3.63) is 29.3 Å². The number of nitrogens with zero attached hydrogens (tertiary/aromatic N) is 1. The average Bonchev–Trinajstić information content (AvgIpc) is 2.97. The van der Waals surface area contributed by atoms with Gasteiger partial charge in [-0.05, 0) is 51.0 Å². The highest BCUT2D eigenvalue weighted by Gasteiger charge is 2.28. The van der Waals surface area contributed by atoms with E-state index >= 15 is 0 Å². The van der Waals surface area contributed by atoms with Crippen LogP contribution in [0.15, 0.2) is 18.2 Å². The molecule has 138 valence electrons.